The summed E-state index contributed by atoms with van der Waals surface area (Å²) in [5.74, 6) is -0.905. The largest absolute Gasteiger partial charge is 0.478 e. The molecule has 1 N–H and O–H groups in total. The standard InChI is InChI=1S/C8H10N2O2/c1-2-3-6(8(11)12)7-4-9-5-10-7/h4-5H,2-3H2,1H3,(H,11,12). The molecule has 0 unspecified atom stereocenters. The Morgan fingerprint density at radius 3 is 2.83 bits per heavy atom. The van der Waals surface area contributed by atoms with Crippen LogP contribution in [-0.2, 0) is 4.79 Å². The molecule has 4 heteroatoms. The minimum absolute atomic E-state index is 0.343. The molecule has 0 bridgehead atoms. The van der Waals surface area contributed by atoms with Crippen molar-refractivity contribution >= 4 is 18.5 Å². The zero-order chi connectivity index (χ0) is 8.97. The Hall–Kier alpha value is -1.45. The highest BCUT2D eigenvalue weighted by molar-refractivity contribution is 6.00. The van der Waals surface area contributed by atoms with Gasteiger partial charge in [-0.05, 0) is 6.42 Å². The fourth-order valence-corrected chi connectivity index (χ4v) is 0.983. The average Bonchev–Trinajstić information content (AvgIpc) is 2.51. The van der Waals surface area contributed by atoms with E-state index in [2.05, 4.69) is 9.98 Å². The molecular weight excluding hydrogens is 156 g/mol. The molecule has 1 heterocycles. The molecule has 12 heavy (non-hydrogen) atoms. The summed E-state index contributed by atoms with van der Waals surface area (Å²) in [6.07, 6.45) is 4.16. The number of allylic oxidation sites excluding steroid dienone is 1. The third-order valence-electron chi connectivity index (χ3n) is 1.53. The van der Waals surface area contributed by atoms with Gasteiger partial charge >= 0.3 is 5.97 Å². The van der Waals surface area contributed by atoms with Gasteiger partial charge in [-0.15, -0.1) is 0 Å². The van der Waals surface area contributed by atoms with E-state index < -0.39 is 5.97 Å². The number of hydrogen-bond donors (Lipinski definition) is 1. The Morgan fingerprint density at radius 2 is 2.42 bits per heavy atom. The quantitative estimate of drug-likeness (QED) is 0.641. The highest BCUT2D eigenvalue weighted by Gasteiger charge is 2.12. The Bertz CT molecular complexity index is 263. The maximum Gasteiger partial charge on any atom is 0.333 e. The monoisotopic (exact) mass is 166 g/mol. The summed E-state index contributed by atoms with van der Waals surface area (Å²) >= 11 is 0. The van der Waals surface area contributed by atoms with Gasteiger partial charge in [0.1, 0.15) is 6.34 Å². The highest BCUT2D eigenvalue weighted by atomic mass is 16.4. The lowest BCUT2D eigenvalue weighted by Gasteiger charge is -1.99. The van der Waals surface area contributed by atoms with Crippen molar-refractivity contribution in [3.05, 3.63) is 11.3 Å². The van der Waals surface area contributed by atoms with Gasteiger partial charge in [0.15, 0.2) is 0 Å². The maximum atomic E-state index is 10.7. The summed E-state index contributed by atoms with van der Waals surface area (Å²) in [5.41, 5.74) is 0.819. The first-order valence-electron chi connectivity index (χ1n) is 3.78. The number of aliphatic imine (C=N–C) groups is 2. The summed E-state index contributed by atoms with van der Waals surface area (Å²) in [6.45, 7) is 1.93. The molecule has 1 aliphatic heterocycles. The fourth-order valence-electron chi connectivity index (χ4n) is 0.983. The van der Waals surface area contributed by atoms with Gasteiger partial charge in [-0.2, -0.15) is 0 Å². The van der Waals surface area contributed by atoms with E-state index in [9.17, 15) is 4.79 Å². The number of rotatable bonds is 3. The third-order valence-corrected chi connectivity index (χ3v) is 1.53. The maximum absolute atomic E-state index is 10.7. The molecule has 0 radical (unpaired) electrons. The lowest BCUT2D eigenvalue weighted by atomic mass is 10.1. The minimum atomic E-state index is -0.905. The van der Waals surface area contributed by atoms with Crippen molar-refractivity contribution in [2.75, 3.05) is 0 Å². The molecule has 0 saturated heterocycles. The molecule has 0 aromatic rings. The van der Waals surface area contributed by atoms with Crippen molar-refractivity contribution in [1.29, 1.82) is 0 Å². The van der Waals surface area contributed by atoms with Crippen molar-refractivity contribution in [3.63, 3.8) is 0 Å². The van der Waals surface area contributed by atoms with Crippen LogP contribution >= 0.6 is 0 Å². The number of carboxylic acid groups (broad SMARTS) is 1. The zero-order valence-corrected chi connectivity index (χ0v) is 6.82. The van der Waals surface area contributed by atoms with Crippen molar-refractivity contribution in [1.82, 2.24) is 0 Å². The van der Waals surface area contributed by atoms with Crippen molar-refractivity contribution in [2.45, 2.75) is 19.8 Å². The van der Waals surface area contributed by atoms with Crippen molar-refractivity contribution < 1.29 is 9.90 Å². The first-order chi connectivity index (χ1) is 5.75. The SMILES string of the molecule is CCCC(C(=O)O)=C1C=NC=N1. The lowest BCUT2D eigenvalue weighted by Crippen LogP contribution is -2.03. The van der Waals surface area contributed by atoms with E-state index in [1.807, 2.05) is 6.92 Å². The van der Waals surface area contributed by atoms with E-state index in [1.54, 1.807) is 0 Å². The average molecular weight is 166 g/mol. The van der Waals surface area contributed by atoms with Gasteiger partial charge < -0.3 is 5.11 Å². The van der Waals surface area contributed by atoms with Gasteiger partial charge in [0, 0.05) is 0 Å². The van der Waals surface area contributed by atoms with Gasteiger partial charge in [0.05, 0.1) is 17.5 Å². The van der Waals surface area contributed by atoms with Crippen LogP contribution in [0.5, 0.6) is 0 Å². The van der Waals surface area contributed by atoms with Crippen LogP contribution in [-0.4, -0.2) is 23.6 Å². The molecule has 1 aliphatic rings. The molecule has 1 rings (SSSR count). The van der Waals surface area contributed by atoms with Crippen LogP contribution in [0.3, 0.4) is 0 Å². The molecular formula is C8H10N2O2. The number of hydrogen-bond acceptors (Lipinski definition) is 3. The smallest absolute Gasteiger partial charge is 0.333 e. The zero-order valence-electron chi connectivity index (χ0n) is 6.82. The van der Waals surface area contributed by atoms with Gasteiger partial charge in [-0.3, -0.25) is 0 Å². The van der Waals surface area contributed by atoms with Crippen LogP contribution in [0, 0.1) is 0 Å². The molecule has 0 amide bonds. The van der Waals surface area contributed by atoms with Gasteiger partial charge in [-0.25, -0.2) is 14.8 Å². The van der Waals surface area contributed by atoms with Crippen LogP contribution in [0.25, 0.3) is 0 Å². The first kappa shape index (κ1) is 8.64. The van der Waals surface area contributed by atoms with E-state index in [-0.39, 0.29) is 0 Å². The number of nitrogens with zero attached hydrogens (tertiary/aromatic N) is 2. The summed E-state index contributed by atoms with van der Waals surface area (Å²) in [5, 5.41) is 8.77. The van der Waals surface area contributed by atoms with Crippen molar-refractivity contribution in [3.8, 4) is 0 Å². The van der Waals surface area contributed by atoms with E-state index in [4.69, 9.17) is 5.11 Å². The van der Waals surface area contributed by atoms with E-state index >= 15 is 0 Å². The molecule has 0 aliphatic carbocycles. The lowest BCUT2D eigenvalue weighted by molar-refractivity contribution is -0.132. The molecule has 0 spiro atoms. The predicted octanol–water partition coefficient (Wildman–Crippen LogP) is 1.24. The first-order valence-corrected chi connectivity index (χ1v) is 3.78. The number of carbonyl (C=O) groups is 1. The van der Waals surface area contributed by atoms with Crippen LogP contribution in [0.2, 0.25) is 0 Å². The van der Waals surface area contributed by atoms with Crippen LogP contribution in [0.15, 0.2) is 21.3 Å². The number of aliphatic carboxylic acids is 1. The fraction of sp³-hybridized carbons (Fsp3) is 0.375. The summed E-state index contributed by atoms with van der Waals surface area (Å²) < 4.78 is 0. The molecule has 64 valence electrons. The Kier molecular flexibility index (Phi) is 2.74. The normalized spacial score (nSPS) is 18.4. The van der Waals surface area contributed by atoms with Gasteiger partial charge in [-0.1, -0.05) is 13.3 Å². The van der Waals surface area contributed by atoms with Crippen LogP contribution in [0.4, 0.5) is 0 Å². The van der Waals surface area contributed by atoms with E-state index in [0.717, 1.165) is 6.42 Å². The summed E-state index contributed by atoms with van der Waals surface area (Å²) in [6, 6.07) is 0. The Balaban J connectivity index is 2.90. The van der Waals surface area contributed by atoms with Crippen LogP contribution in [0.1, 0.15) is 19.8 Å². The van der Waals surface area contributed by atoms with Crippen molar-refractivity contribution in [2.24, 2.45) is 9.98 Å². The Labute approximate surface area is 70.3 Å². The molecule has 0 aromatic heterocycles. The minimum Gasteiger partial charge on any atom is -0.478 e. The van der Waals surface area contributed by atoms with E-state index in [1.165, 1.54) is 12.6 Å². The molecule has 4 nitrogen and oxygen atoms in total. The third kappa shape index (κ3) is 1.78. The molecule has 0 fully saturated rings. The summed E-state index contributed by atoms with van der Waals surface area (Å²) in [4.78, 5) is 18.2. The highest BCUT2D eigenvalue weighted by Crippen LogP contribution is 2.13. The summed E-state index contributed by atoms with van der Waals surface area (Å²) in [7, 11) is 0. The van der Waals surface area contributed by atoms with Gasteiger partial charge in [0.2, 0.25) is 0 Å². The Morgan fingerprint density at radius 1 is 1.67 bits per heavy atom. The van der Waals surface area contributed by atoms with E-state index in [0.29, 0.717) is 17.7 Å². The molecule has 0 aromatic carbocycles. The van der Waals surface area contributed by atoms with Crippen LogP contribution < -0.4 is 0 Å². The molecule has 0 saturated carbocycles. The second-order valence-electron chi connectivity index (χ2n) is 2.44. The second-order valence-corrected chi connectivity index (χ2v) is 2.44. The number of carboxylic acids is 1. The predicted molar refractivity (Wildman–Crippen MR) is 46.6 cm³/mol. The molecule has 0 atom stereocenters. The van der Waals surface area contributed by atoms with Gasteiger partial charge in [0.25, 0.3) is 0 Å². The topological polar surface area (TPSA) is 62.0 Å². The second kappa shape index (κ2) is 3.80.